The summed E-state index contributed by atoms with van der Waals surface area (Å²) in [6, 6.07) is 24.1. The van der Waals surface area contributed by atoms with Gasteiger partial charge in [0.25, 0.3) is 5.91 Å². The van der Waals surface area contributed by atoms with E-state index < -0.39 is 0 Å². The molecule has 1 aliphatic rings. The summed E-state index contributed by atoms with van der Waals surface area (Å²) in [6.45, 7) is 4.38. The third-order valence-corrected chi connectivity index (χ3v) is 7.35. The van der Waals surface area contributed by atoms with Gasteiger partial charge in [0, 0.05) is 31.7 Å². The summed E-state index contributed by atoms with van der Waals surface area (Å²) in [5.74, 6) is 0.564. The van der Waals surface area contributed by atoms with E-state index in [4.69, 9.17) is 16.0 Å². The largest absolute Gasteiger partial charge is 0.459 e. The lowest BCUT2D eigenvalue weighted by molar-refractivity contribution is -0.132. The number of amides is 2. The molecule has 0 spiro atoms. The van der Waals surface area contributed by atoms with E-state index in [0.29, 0.717) is 30.4 Å². The number of furan rings is 1. The zero-order valence-electron chi connectivity index (χ0n) is 21.7. The fourth-order valence-corrected chi connectivity index (χ4v) is 5.02. The smallest absolute Gasteiger partial charge is 0.290 e. The lowest BCUT2D eigenvalue weighted by atomic mass is 10.1. The lowest BCUT2D eigenvalue weighted by Gasteiger charge is -2.31. The number of aromatic nitrogens is 2. The van der Waals surface area contributed by atoms with Crippen LogP contribution >= 0.6 is 11.6 Å². The van der Waals surface area contributed by atoms with Gasteiger partial charge in [0.1, 0.15) is 6.54 Å². The van der Waals surface area contributed by atoms with Crippen LogP contribution in [0.2, 0.25) is 5.02 Å². The minimum absolute atomic E-state index is 0.0398. The van der Waals surface area contributed by atoms with Crippen molar-refractivity contribution in [2.75, 3.05) is 37.6 Å². The summed E-state index contributed by atoms with van der Waals surface area (Å²) in [7, 11) is 0. The number of carbonyl (C=O) groups is 2. The van der Waals surface area contributed by atoms with Crippen molar-refractivity contribution in [2.24, 2.45) is 0 Å². The number of benzene rings is 2. The van der Waals surface area contributed by atoms with Crippen molar-refractivity contribution in [3.8, 4) is 11.3 Å². The Morgan fingerprint density at radius 1 is 0.923 bits per heavy atom. The molecule has 0 bridgehead atoms. The van der Waals surface area contributed by atoms with Crippen LogP contribution in [-0.2, 0) is 4.79 Å². The number of halogens is 1. The molecule has 5 rings (SSSR count). The molecule has 3 heterocycles. The number of hydrogen-bond donors (Lipinski definition) is 0. The maximum absolute atomic E-state index is 13.5. The molecule has 0 radical (unpaired) electrons. The fraction of sp³-hybridized carbons (Fsp3) is 0.267. The maximum atomic E-state index is 13.5. The van der Waals surface area contributed by atoms with Crippen LogP contribution in [0.5, 0.6) is 0 Å². The van der Waals surface area contributed by atoms with Crippen molar-refractivity contribution in [1.82, 2.24) is 20.0 Å². The fourth-order valence-electron chi connectivity index (χ4n) is 4.79. The molecule has 1 fully saturated rings. The highest BCUT2D eigenvalue weighted by Gasteiger charge is 2.29. The maximum Gasteiger partial charge on any atom is 0.290 e. The Kier molecular flexibility index (Phi) is 8.22. The molecule has 1 saturated heterocycles. The van der Waals surface area contributed by atoms with Crippen molar-refractivity contribution in [2.45, 2.75) is 19.4 Å². The Bertz CT molecular complexity index is 1400. The Hall–Kier alpha value is -4.17. The molecular formula is C30H30ClN5O3. The van der Waals surface area contributed by atoms with Crippen LogP contribution in [0.1, 0.15) is 35.5 Å². The van der Waals surface area contributed by atoms with Gasteiger partial charge >= 0.3 is 0 Å². The number of hydrogen-bond acceptors (Lipinski definition) is 6. The van der Waals surface area contributed by atoms with Crippen LogP contribution in [0.4, 0.5) is 5.82 Å². The first-order valence-corrected chi connectivity index (χ1v) is 13.4. The summed E-state index contributed by atoms with van der Waals surface area (Å²) >= 11 is 6.31. The summed E-state index contributed by atoms with van der Waals surface area (Å²) in [5.41, 5.74) is 2.50. The average Bonchev–Trinajstić information content (AvgIpc) is 3.40. The molecule has 200 valence electrons. The lowest BCUT2D eigenvalue weighted by Crippen LogP contribution is -2.45. The van der Waals surface area contributed by atoms with Gasteiger partial charge in [0.05, 0.1) is 23.0 Å². The van der Waals surface area contributed by atoms with Crippen molar-refractivity contribution < 1.29 is 14.0 Å². The van der Waals surface area contributed by atoms with E-state index in [1.54, 1.807) is 17.0 Å². The highest BCUT2D eigenvalue weighted by molar-refractivity contribution is 6.33. The molecule has 2 aromatic carbocycles. The van der Waals surface area contributed by atoms with E-state index in [-0.39, 0.29) is 30.2 Å². The Morgan fingerprint density at radius 3 is 2.44 bits per heavy atom. The van der Waals surface area contributed by atoms with E-state index in [9.17, 15) is 9.59 Å². The molecule has 39 heavy (non-hydrogen) atoms. The highest BCUT2D eigenvalue weighted by Crippen LogP contribution is 2.27. The van der Waals surface area contributed by atoms with Crippen LogP contribution in [0, 0.1) is 0 Å². The van der Waals surface area contributed by atoms with Gasteiger partial charge in [0.15, 0.2) is 11.6 Å². The van der Waals surface area contributed by atoms with Crippen LogP contribution in [-0.4, -0.2) is 64.5 Å². The standard InChI is InChI=1S/C30H30ClN5O3/c1-22(23-9-3-2-4-10-23)36(30(38)27-13-7-20-39-27)21-29(37)35-17-8-16-34(18-19-35)28-15-14-26(32-33-28)24-11-5-6-12-25(24)31/h2-7,9-15,20,22H,8,16-19,21H2,1H3. The van der Waals surface area contributed by atoms with Gasteiger partial charge in [-0.1, -0.05) is 60.1 Å². The minimum Gasteiger partial charge on any atom is -0.459 e. The Labute approximate surface area is 232 Å². The Morgan fingerprint density at radius 2 is 1.72 bits per heavy atom. The second kappa shape index (κ2) is 12.1. The molecule has 1 unspecified atom stereocenters. The number of anilines is 1. The third kappa shape index (κ3) is 6.12. The van der Waals surface area contributed by atoms with Crippen LogP contribution in [0.25, 0.3) is 11.3 Å². The first-order chi connectivity index (χ1) is 19.0. The van der Waals surface area contributed by atoms with Gasteiger partial charge in [-0.3, -0.25) is 9.59 Å². The number of carbonyl (C=O) groups excluding carboxylic acids is 2. The highest BCUT2D eigenvalue weighted by atomic mass is 35.5. The monoisotopic (exact) mass is 543 g/mol. The predicted molar refractivity (Wildman–Crippen MR) is 150 cm³/mol. The number of rotatable bonds is 7. The van der Waals surface area contributed by atoms with Crippen LogP contribution in [0.3, 0.4) is 0 Å². The molecule has 0 saturated carbocycles. The molecule has 2 amide bonds. The van der Waals surface area contributed by atoms with Crippen molar-refractivity contribution in [3.63, 3.8) is 0 Å². The molecule has 8 nitrogen and oxygen atoms in total. The summed E-state index contributed by atoms with van der Waals surface area (Å²) in [4.78, 5) is 32.4. The molecular weight excluding hydrogens is 514 g/mol. The van der Waals surface area contributed by atoms with E-state index in [1.165, 1.54) is 6.26 Å². The van der Waals surface area contributed by atoms with E-state index in [2.05, 4.69) is 15.1 Å². The first-order valence-electron chi connectivity index (χ1n) is 13.0. The first kappa shape index (κ1) is 26.4. The Balaban J connectivity index is 1.26. The SMILES string of the molecule is CC(c1ccccc1)N(CC(=O)N1CCCN(c2ccc(-c3ccccc3Cl)nn2)CC1)C(=O)c1ccco1. The number of nitrogens with zero attached hydrogens (tertiary/aromatic N) is 5. The van der Waals surface area contributed by atoms with Gasteiger partial charge in [-0.2, -0.15) is 0 Å². The van der Waals surface area contributed by atoms with Crippen LogP contribution < -0.4 is 4.90 Å². The van der Waals surface area contributed by atoms with Gasteiger partial charge in [0.2, 0.25) is 5.91 Å². The molecule has 4 aromatic rings. The van der Waals surface area contributed by atoms with E-state index in [1.807, 2.05) is 78.6 Å². The van der Waals surface area contributed by atoms with E-state index in [0.717, 1.165) is 29.9 Å². The van der Waals surface area contributed by atoms with Crippen molar-refractivity contribution in [3.05, 3.63) is 101 Å². The van der Waals surface area contributed by atoms with Crippen LogP contribution in [0.15, 0.2) is 89.5 Å². The third-order valence-electron chi connectivity index (χ3n) is 7.02. The molecule has 0 N–H and O–H groups in total. The summed E-state index contributed by atoms with van der Waals surface area (Å²) in [5, 5.41) is 9.46. The second-order valence-corrected chi connectivity index (χ2v) is 9.88. The quantitative estimate of drug-likeness (QED) is 0.313. The van der Waals surface area contributed by atoms with Gasteiger partial charge in [-0.05, 0) is 49.2 Å². The molecule has 0 aliphatic carbocycles. The van der Waals surface area contributed by atoms with E-state index >= 15 is 0 Å². The topological polar surface area (TPSA) is 82.8 Å². The average molecular weight is 544 g/mol. The molecule has 2 aromatic heterocycles. The second-order valence-electron chi connectivity index (χ2n) is 9.48. The zero-order chi connectivity index (χ0) is 27.2. The molecule has 1 atom stereocenters. The normalized spacial score (nSPS) is 14.5. The summed E-state index contributed by atoms with van der Waals surface area (Å²) < 4.78 is 5.37. The zero-order valence-corrected chi connectivity index (χ0v) is 22.5. The van der Waals surface area contributed by atoms with Gasteiger partial charge in [-0.15, -0.1) is 10.2 Å². The predicted octanol–water partition coefficient (Wildman–Crippen LogP) is 5.33. The van der Waals surface area contributed by atoms with Crippen molar-refractivity contribution in [1.29, 1.82) is 0 Å². The molecule has 9 heteroatoms. The van der Waals surface area contributed by atoms with Gasteiger partial charge in [-0.25, -0.2) is 0 Å². The van der Waals surface area contributed by atoms with Crippen molar-refractivity contribution >= 4 is 29.2 Å². The van der Waals surface area contributed by atoms with Gasteiger partial charge < -0.3 is 19.1 Å². The molecule has 1 aliphatic heterocycles. The minimum atomic E-state index is -0.310. The summed E-state index contributed by atoms with van der Waals surface area (Å²) in [6.07, 6.45) is 2.24.